The predicted molar refractivity (Wildman–Crippen MR) is 127 cm³/mol. The molecule has 0 unspecified atom stereocenters. The number of rotatable bonds is 8. The maximum atomic E-state index is 13.1. The number of carbonyl (C=O) groups is 1. The highest BCUT2D eigenvalue weighted by atomic mass is 16.1. The van der Waals surface area contributed by atoms with Crippen molar-refractivity contribution in [3.05, 3.63) is 107 Å². The maximum Gasteiger partial charge on any atom is 0.267 e. The van der Waals surface area contributed by atoms with Gasteiger partial charge in [-0.2, -0.15) is 5.26 Å². The van der Waals surface area contributed by atoms with Gasteiger partial charge in [-0.1, -0.05) is 80.6 Å². The molecule has 0 aliphatic carbocycles. The van der Waals surface area contributed by atoms with Crippen LogP contribution in [0, 0.1) is 11.3 Å². The summed E-state index contributed by atoms with van der Waals surface area (Å²) in [6, 6.07) is 27.9. The molecule has 0 bridgehead atoms. The van der Waals surface area contributed by atoms with E-state index in [0.29, 0.717) is 6.54 Å². The highest BCUT2D eigenvalue weighted by Crippen LogP contribution is 2.24. The van der Waals surface area contributed by atoms with Gasteiger partial charge in [-0.3, -0.25) is 4.79 Å². The summed E-state index contributed by atoms with van der Waals surface area (Å²) in [4.78, 5) is 15.0. The number of hydrogen-bond donors (Lipinski definition) is 1. The van der Waals surface area contributed by atoms with Crippen molar-refractivity contribution in [3.8, 4) is 6.07 Å². The molecule has 156 valence electrons. The minimum atomic E-state index is -0.396. The molecule has 0 saturated heterocycles. The predicted octanol–water partition coefficient (Wildman–Crippen LogP) is 5.86. The number of aryl methyl sites for hydroxylation is 2. The van der Waals surface area contributed by atoms with E-state index in [1.807, 2.05) is 83.8 Å². The number of amides is 1. The van der Waals surface area contributed by atoms with Crippen molar-refractivity contribution < 1.29 is 4.79 Å². The standard InChI is InChI=1S/C27H27N3O/c1-3-22-14-11-15-23(4-2)26(22)29-27(31)24(18-28)20-30(25-16-9-6-10-17-25)19-21-12-7-5-8-13-21/h5-17,20H,3-4,19H2,1-2H3,(H,29,31)/b24-20-. The summed E-state index contributed by atoms with van der Waals surface area (Å²) in [6.45, 7) is 4.67. The topological polar surface area (TPSA) is 56.1 Å². The van der Waals surface area contributed by atoms with Crippen molar-refractivity contribution in [1.82, 2.24) is 0 Å². The summed E-state index contributed by atoms with van der Waals surface area (Å²) < 4.78 is 0. The molecule has 4 heteroatoms. The zero-order valence-electron chi connectivity index (χ0n) is 18.0. The number of nitriles is 1. The largest absolute Gasteiger partial charge is 0.342 e. The smallest absolute Gasteiger partial charge is 0.267 e. The van der Waals surface area contributed by atoms with E-state index in [4.69, 9.17) is 0 Å². The normalized spacial score (nSPS) is 10.9. The zero-order valence-corrected chi connectivity index (χ0v) is 18.0. The molecule has 3 rings (SSSR count). The number of hydrogen-bond acceptors (Lipinski definition) is 3. The maximum absolute atomic E-state index is 13.1. The lowest BCUT2D eigenvalue weighted by Gasteiger charge is -2.21. The molecule has 3 aromatic carbocycles. The van der Waals surface area contributed by atoms with Crippen LogP contribution in [0.2, 0.25) is 0 Å². The molecule has 31 heavy (non-hydrogen) atoms. The highest BCUT2D eigenvalue weighted by molar-refractivity contribution is 6.07. The minimum absolute atomic E-state index is 0.0627. The van der Waals surface area contributed by atoms with Gasteiger partial charge in [-0.05, 0) is 41.7 Å². The van der Waals surface area contributed by atoms with Crippen LogP contribution in [-0.4, -0.2) is 5.91 Å². The fourth-order valence-electron chi connectivity index (χ4n) is 3.49. The van der Waals surface area contributed by atoms with Gasteiger partial charge in [0.1, 0.15) is 11.6 Å². The zero-order chi connectivity index (χ0) is 22.1. The summed E-state index contributed by atoms with van der Waals surface area (Å²) >= 11 is 0. The number of nitrogens with zero attached hydrogens (tertiary/aromatic N) is 2. The van der Waals surface area contributed by atoms with Gasteiger partial charge >= 0.3 is 0 Å². The van der Waals surface area contributed by atoms with Gasteiger partial charge in [-0.15, -0.1) is 0 Å². The molecule has 0 aromatic heterocycles. The van der Waals surface area contributed by atoms with Crippen LogP contribution in [-0.2, 0) is 24.2 Å². The highest BCUT2D eigenvalue weighted by Gasteiger charge is 2.16. The molecule has 0 fully saturated rings. The van der Waals surface area contributed by atoms with Crippen LogP contribution in [0.4, 0.5) is 11.4 Å². The third-order valence-corrected chi connectivity index (χ3v) is 5.17. The van der Waals surface area contributed by atoms with Crippen LogP contribution in [0.5, 0.6) is 0 Å². The summed E-state index contributed by atoms with van der Waals surface area (Å²) in [5.74, 6) is -0.396. The first-order valence-corrected chi connectivity index (χ1v) is 10.6. The Bertz CT molecular complexity index is 1060. The molecule has 0 spiro atoms. The lowest BCUT2D eigenvalue weighted by atomic mass is 10.0. The third-order valence-electron chi connectivity index (χ3n) is 5.17. The van der Waals surface area contributed by atoms with Crippen molar-refractivity contribution in [2.45, 2.75) is 33.2 Å². The molecule has 0 saturated carbocycles. The molecular weight excluding hydrogens is 382 g/mol. The number of carbonyl (C=O) groups excluding carboxylic acids is 1. The van der Waals surface area contributed by atoms with E-state index in [0.717, 1.165) is 40.9 Å². The van der Waals surface area contributed by atoms with Gasteiger partial charge in [-0.25, -0.2) is 0 Å². The summed E-state index contributed by atoms with van der Waals surface area (Å²) in [5, 5.41) is 12.8. The third kappa shape index (κ3) is 5.61. The first-order chi connectivity index (χ1) is 15.2. The van der Waals surface area contributed by atoms with Crippen molar-refractivity contribution in [1.29, 1.82) is 5.26 Å². The second-order valence-electron chi connectivity index (χ2n) is 7.22. The summed E-state index contributed by atoms with van der Waals surface area (Å²) in [5.41, 5.74) is 5.00. The van der Waals surface area contributed by atoms with Crippen LogP contribution in [0.25, 0.3) is 0 Å². The number of anilines is 2. The first kappa shape index (κ1) is 21.9. The molecular formula is C27H27N3O. The Balaban J connectivity index is 1.93. The Morgan fingerprint density at radius 1 is 0.903 bits per heavy atom. The van der Waals surface area contributed by atoms with Crippen LogP contribution >= 0.6 is 0 Å². The van der Waals surface area contributed by atoms with E-state index in [9.17, 15) is 10.1 Å². The Hall–Kier alpha value is -3.84. The fraction of sp³-hybridized carbons (Fsp3) is 0.185. The molecule has 0 aliphatic rings. The van der Waals surface area contributed by atoms with E-state index >= 15 is 0 Å². The second kappa shape index (κ2) is 10.8. The van der Waals surface area contributed by atoms with Gasteiger partial charge in [0, 0.05) is 24.1 Å². The van der Waals surface area contributed by atoms with Crippen LogP contribution in [0.1, 0.15) is 30.5 Å². The van der Waals surface area contributed by atoms with Crippen LogP contribution in [0.15, 0.2) is 90.6 Å². The Kier molecular flexibility index (Phi) is 7.61. The lowest BCUT2D eigenvalue weighted by molar-refractivity contribution is -0.112. The monoisotopic (exact) mass is 409 g/mol. The molecule has 0 atom stereocenters. The van der Waals surface area contributed by atoms with Gasteiger partial charge in [0.05, 0.1) is 0 Å². The number of benzene rings is 3. The van der Waals surface area contributed by atoms with Crippen molar-refractivity contribution in [3.63, 3.8) is 0 Å². The fourth-order valence-corrected chi connectivity index (χ4v) is 3.49. The lowest BCUT2D eigenvalue weighted by Crippen LogP contribution is -2.21. The molecule has 1 N–H and O–H groups in total. The average Bonchev–Trinajstić information content (AvgIpc) is 2.82. The first-order valence-electron chi connectivity index (χ1n) is 10.6. The van der Waals surface area contributed by atoms with E-state index in [1.165, 1.54) is 0 Å². The van der Waals surface area contributed by atoms with Gasteiger partial charge < -0.3 is 10.2 Å². The Labute approximate surface area is 184 Å². The summed E-state index contributed by atoms with van der Waals surface area (Å²) in [7, 11) is 0. The average molecular weight is 410 g/mol. The molecule has 0 aliphatic heterocycles. The van der Waals surface area contributed by atoms with E-state index in [-0.39, 0.29) is 5.57 Å². The van der Waals surface area contributed by atoms with Gasteiger partial charge in [0.15, 0.2) is 0 Å². The van der Waals surface area contributed by atoms with Gasteiger partial charge in [0.25, 0.3) is 5.91 Å². The second-order valence-corrected chi connectivity index (χ2v) is 7.22. The molecule has 1 amide bonds. The molecule has 0 radical (unpaired) electrons. The Morgan fingerprint density at radius 2 is 1.48 bits per heavy atom. The van der Waals surface area contributed by atoms with Crippen molar-refractivity contribution >= 4 is 17.3 Å². The molecule has 3 aromatic rings. The van der Waals surface area contributed by atoms with E-state index in [2.05, 4.69) is 25.2 Å². The summed E-state index contributed by atoms with van der Waals surface area (Å²) in [6.07, 6.45) is 3.25. The van der Waals surface area contributed by atoms with E-state index < -0.39 is 5.91 Å². The van der Waals surface area contributed by atoms with Crippen molar-refractivity contribution in [2.75, 3.05) is 10.2 Å². The minimum Gasteiger partial charge on any atom is -0.342 e. The SMILES string of the molecule is CCc1cccc(CC)c1NC(=O)/C(C#N)=C\N(Cc1ccccc1)c1ccccc1. The molecule has 4 nitrogen and oxygen atoms in total. The number of nitrogens with one attached hydrogen (secondary N) is 1. The van der Waals surface area contributed by atoms with Crippen LogP contribution in [0.3, 0.4) is 0 Å². The van der Waals surface area contributed by atoms with Gasteiger partial charge in [0.2, 0.25) is 0 Å². The molecule has 0 heterocycles. The number of para-hydroxylation sites is 2. The van der Waals surface area contributed by atoms with Crippen LogP contribution < -0.4 is 10.2 Å². The quantitative estimate of drug-likeness (QED) is 0.374. The van der Waals surface area contributed by atoms with Crippen molar-refractivity contribution in [2.24, 2.45) is 0 Å². The van der Waals surface area contributed by atoms with E-state index in [1.54, 1.807) is 6.20 Å². The Morgan fingerprint density at radius 3 is 2.03 bits per heavy atom.